The smallest absolute Gasteiger partial charge is 0.313 e. The van der Waals surface area contributed by atoms with Gasteiger partial charge >= 0.3 is 5.97 Å². The fourth-order valence-corrected chi connectivity index (χ4v) is 1.31. The van der Waals surface area contributed by atoms with Crippen molar-refractivity contribution in [3.63, 3.8) is 0 Å². The molecule has 1 atom stereocenters. The lowest BCUT2D eigenvalue weighted by molar-refractivity contribution is -0.145. The first-order valence-electron chi connectivity index (χ1n) is 5.07. The zero-order valence-electron chi connectivity index (χ0n) is 9.19. The van der Waals surface area contributed by atoms with Crippen molar-refractivity contribution in [2.75, 3.05) is 6.61 Å². The summed E-state index contributed by atoms with van der Waals surface area (Å²) in [6.07, 6.45) is 0. The van der Waals surface area contributed by atoms with Gasteiger partial charge in [0.15, 0.2) is 0 Å². The Kier molecular flexibility index (Phi) is 4.10. The van der Waals surface area contributed by atoms with Crippen molar-refractivity contribution < 1.29 is 9.53 Å². The largest absolute Gasteiger partial charge is 0.466 e. The third kappa shape index (κ3) is 2.94. The van der Waals surface area contributed by atoms with Crippen LogP contribution in [0.3, 0.4) is 0 Å². The van der Waals surface area contributed by atoms with Gasteiger partial charge in [-0.3, -0.25) is 4.79 Å². The predicted molar refractivity (Wildman–Crippen MR) is 61.3 cm³/mol. The number of carbonyl (C=O) groups is 1. The molecule has 0 N–H and O–H groups in total. The third-order valence-corrected chi connectivity index (χ3v) is 2.31. The van der Waals surface area contributed by atoms with Crippen LogP contribution >= 0.6 is 0 Å². The first-order chi connectivity index (χ1) is 7.16. The highest BCUT2D eigenvalue weighted by Crippen LogP contribution is 2.21. The molecule has 1 rings (SSSR count). The number of hydrogen-bond donors (Lipinski definition) is 0. The van der Waals surface area contributed by atoms with Crippen LogP contribution in [0.4, 0.5) is 0 Å². The monoisotopic (exact) mass is 204 g/mol. The topological polar surface area (TPSA) is 26.3 Å². The molecular weight excluding hydrogens is 188 g/mol. The van der Waals surface area contributed by atoms with Crippen molar-refractivity contribution in [3.8, 4) is 0 Å². The molecule has 0 aliphatic rings. The molecule has 1 aromatic rings. The summed E-state index contributed by atoms with van der Waals surface area (Å²) < 4.78 is 4.95. The number of rotatable bonds is 4. The SMILES string of the molecule is C=C(c1ccccc1)[C@H](C)C(=O)OCC. The maximum atomic E-state index is 11.5. The highest BCUT2D eigenvalue weighted by molar-refractivity contribution is 5.87. The molecule has 0 heterocycles. The van der Waals surface area contributed by atoms with E-state index >= 15 is 0 Å². The van der Waals surface area contributed by atoms with Crippen molar-refractivity contribution in [2.45, 2.75) is 13.8 Å². The van der Waals surface area contributed by atoms with Gasteiger partial charge in [0.25, 0.3) is 0 Å². The third-order valence-electron chi connectivity index (χ3n) is 2.31. The molecule has 0 amide bonds. The van der Waals surface area contributed by atoms with Gasteiger partial charge in [-0.15, -0.1) is 0 Å². The van der Waals surface area contributed by atoms with Gasteiger partial charge in [0.2, 0.25) is 0 Å². The first-order valence-corrected chi connectivity index (χ1v) is 5.07. The normalized spacial score (nSPS) is 11.9. The minimum absolute atomic E-state index is 0.216. The van der Waals surface area contributed by atoms with Crippen LogP contribution in [0.25, 0.3) is 5.57 Å². The van der Waals surface area contributed by atoms with Crippen molar-refractivity contribution in [2.24, 2.45) is 5.92 Å². The van der Waals surface area contributed by atoms with E-state index in [9.17, 15) is 4.79 Å². The Morgan fingerprint density at radius 1 is 1.40 bits per heavy atom. The summed E-state index contributed by atoms with van der Waals surface area (Å²) in [6, 6.07) is 9.68. The lowest BCUT2D eigenvalue weighted by Crippen LogP contribution is -2.15. The summed E-state index contributed by atoms with van der Waals surface area (Å²) in [4.78, 5) is 11.5. The Labute approximate surface area is 90.6 Å². The van der Waals surface area contributed by atoms with Crippen LogP contribution in [-0.2, 0) is 9.53 Å². The standard InChI is InChI=1S/C13H16O2/c1-4-15-13(14)11(3)10(2)12-8-6-5-7-9-12/h5-9,11H,2,4H2,1,3H3/t11-/m0/s1. The van der Waals surface area contributed by atoms with Crippen LogP contribution in [0, 0.1) is 5.92 Å². The molecule has 0 unspecified atom stereocenters. The predicted octanol–water partition coefficient (Wildman–Crippen LogP) is 2.90. The Morgan fingerprint density at radius 3 is 2.53 bits per heavy atom. The van der Waals surface area contributed by atoms with Crippen LogP contribution in [0.1, 0.15) is 19.4 Å². The second-order valence-electron chi connectivity index (χ2n) is 3.36. The highest BCUT2D eigenvalue weighted by Gasteiger charge is 2.18. The van der Waals surface area contributed by atoms with E-state index < -0.39 is 0 Å². The van der Waals surface area contributed by atoms with Gasteiger partial charge in [0.1, 0.15) is 0 Å². The maximum Gasteiger partial charge on any atom is 0.313 e. The Hall–Kier alpha value is -1.57. The second kappa shape index (κ2) is 5.35. The van der Waals surface area contributed by atoms with E-state index in [0.717, 1.165) is 11.1 Å². The minimum atomic E-state index is -0.285. The van der Waals surface area contributed by atoms with E-state index in [1.165, 1.54) is 0 Å². The van der Waals surface area contributed by atoms with Crippen molar-refractivity contribution in [3.05, 3.63) is 42.5 Å². The molecule has 1 aromatic carbocycles. The molecule has 0 aromatic heterocycles. The molecule has 15 heavy (non-hydrogen) atoms. The molecule has 0 aliphatic carbocycles. The van der Waals surface area contributed by atoms with Crippen LogP contribution < -0.4 is 0 Å². The van der Waals surface area contributed by atoms with E-state index in [1.807, 2.05) is 37.3 Å². The molecule has 0 aliphatic heterocycles. The average Bonchev–Trinajstić information content (AvgIpc) is 2.28. The second-order valence-corrected chi connectivity index (χ2v) is 3.36. The van der Waals surface area contributed by atoms with E-state index in [2.05, 4.69) is 6.58 Å². The zero-order chi connectivity index (χ0) is 11.3. The maximum absolute atomic E-state index is 11.5. The summed E-state index contributed by atoms with van der Waals surface area (Å²) in [5, 5.41) is 0. The Bertz CT molecular complexity index is 341. The van der Waals surface area contributed by atoms with Crippen molar-refractivity contribution >= 4 is 11.5 Å². The minimum Gasteiger partial charge on any atom is -0.466 e. The average molecular weight is 204 g/mol. The number of benzene rings is 1. The molecule has 2 heteroatoms. The van der Waals surface area contributed by atoms with Gasteiger partial charge in [-0.1, -0.05) is 36.9 Å². The van der Waals surface area contributed by atoms with Crippen LogP contribution in [0.5, 0.6) is 0 Å². The van der Waals surface area contributed by atoms with Gasteiger partial charge in [-0.2, -0.15) is 0 Å². The summed E-state index contributed by atoms with van der Waals surface area (Å²) in [5.74, 6) is -0.501. The molecule has 0 fully saturated rings. The molecule has 2 nitrogen and oxygen atoms in total. The van der Waals surface area contributed by atoms with Gasteiger partial charge in [0, 0.05) is 0 Å². The molecule has 0 radical (unpaired) electrons. The summed E-state index contributed by atoms with van der Waals surface area (Å²) in [7, 11) is 0. The molecule has 80 valence electrons. The fraction of sp³-hybridized carbons (Fsp3) is 0.308. The molecule has 0 saturated carbocycles. The Balaban J connectivity index is 2.73. The summed E-state index contributed by atoms with van der Waals surface area (Å²) in [5.41, 5.74) is 1.78. The van der Waals surface area contributed by atoms with Gasteiger partial charge < -0.3 is 4.74 Å². The lowest BCUT2D eigenvalue weighted by atomic mass is 9.96. The first kappa shape index (κ1) is 11.5. The summed E-state index contributed by atoms with van der Waals surface area (Å²) in [6.45, 7) is 7.95. The fourth-order valence-electron chi connectivity index (χ4n) is 1.31. The molecule has 0 spiro atoms. The van der Waals surface area contributed by atoms with E-state index in [1.54, 1.807) is 6.92 Å². The van der Waals surface area contributed by atoms with Gasteiger partial charge in [-0.25, -0.2) is 0 Å². The number of hydrogen-bond acceptors (Lipinski definition) is 2. The number of carbonyl (C=O) groups excluding carboxylic acids is 1. The van der Waals surface area contributed by atoms with E-state index in [-0.39, 0.29) is 11.9 Å². The van der Waals surface area contributed by atoms with Gasteiger partial charge in [0.05, 0.1) is 12.5 Å². The number of esters is 1. The van der Waals surface area contributed by atoms with E-state index in [0.29, 0.717) is 6.61 Å². The quantitative estimate of drug-likeness (QED) is 0.705. The van der Waals surface area contributed by atoms with E-state index in [4.69, 9.17) is 4.74 Å². The Morgan fingerprint density at radius 2 is 2.00 bits per heavy atom. The molecule has 0 bridgehead atoms. The van der Waals surface area contributed by atoms with Crippen molar-refractivity contribution in [1.29, 1.82) is 0 Å². The lowest BCUT2D eigenvalue weighted by Gasteiger charge is -2.13. The van der Waals surface area contributed by atoms with Crippen LogP contribution in [0.15, 0.2) is 36.9 Å². The van der Waals surface area contributed by atoms with Crippen LogP contribution in [0.2, 0.25) is 0 Å². The molecule has 0 saturated heterocycles. The number of ether oxygens (including phenoxy) is 1. The highest BCUT2D eigenvalue weighted by atomic mass is 16.5. The van der Waals surface area contributed by atoms with Crippen molar-refractivity contribution in [1.82, 2.24) is 0 Å². The zero-order valence-corrected chi connectivity index (χ0v) is 9.19. The molecular formula is C13H16O2. The van der Waals surface area contributed by atoms with Gasteiger partial charge in [-0.05, 0) is 25.0 Å². The summed E-state index contributed by atoms with van der Waals surface area (Å²) >= 11 is 0. The van der Waals surface area contributed by atoms with Crippen LogP contribution in [-0.4, -0.2) is 12.6 Å².